The van der Waals surface area contributed by atoms with Crippen LogP contribution in [0.5, 0.6) is 0 Å². The van der Waals surface area contributed by atoms with Crippen molar-refractivity contribution in [1.82, 2.24) is 4.98 Å². The van der Waals surface area contributed by atoms with Crippen LogP contribution in [0.15, 0.2) is 12.1 Å². The van der Waals surface area contributed by atoms with Gasteiger partial charge in [-0.25, -0.2) is 0 Å². The van der Waals surface area contributed by atoms with Crippen LogP contribution in [0, 0.1) is 0 Å². The fourth-order valence-corrected chi connectivity index (χ4v) is 1.73. The van der Waals surface area contributed by atoms with Crippen LogP contribution in [0.25, 0.3) is 0 Å². The summed E-state index contributed by atoms with van der Waals surface area (Å²) in [4.78, 5) is 15.9. The molecule has 2 rings (SSSR count). The summed E-state index contributed by atoms with van der Waals surface area (Å²) in [6, 6.07) is 3.90. The van der Waals surface area contributed by atoms with E-state index in [-0.39, 0.29) is 11.2 Å². The normalized spacial score (nSPS) is 15.8. The summed E-state index contributed by atoms with van der Waals surface area (Å²) in [7, 11) is 0. The van der Waals surface area contributed by atoms with Crippen molar-refractivity contribution < 1.29 is 4.79 Å². The average molecular weight is 189 g/mol. The highest BCUT2D eigenvalue weighted by Gasteiger charge is 2.23. The Bertz CT molecular complexity index is 388. The highest BCUT2D eigenvalue weighted by molar-refractivity contribution is 5.99. The first-order valence-electron chi connectivity index (χ1n) is 5.02. The van der Waals surface area contributed by atoms with Gasteiger partial charge in [0.2, 0.25) is 0 Å². The van der Waals surface area contributed by atoms with Gasteiger partial charge in [0.25, 0.3) is 0 Å². The zero-order valence-corrected chi connectivity index (χ0v) is 8.92. The molecule has 0 bridgehead atoms. The van der Waals surface area contributed by atoms with E-state index in [1.165, 1.54) is 0 Å². The summed E-state index contributed by atoms with van der Waals surface area (Å²) < 4.78 is 0. The first-order chi connectivity index (χ1) is 6.48. The highest BCUT2D eigenvalue weighted by Crippen LogP contribution is 2.25. The molecule has 0 saturated carbocycles. The Balaban J connectivity index is 2.47. The molecule has 1 aliphatic carbocycles. The molecule has 0 radical (unpaired) electrons. The number of fused-ring (bicyclic) bond motifs is 1. The van der Waals surface area contributed by atoms with Crippen molar-refractivity contribution in [3.8, 4) is 0 Å². The maximum atomic E-state index is 11.4. The maximum absolute atomic E-state index is 11.4. The second-order valence-corrected chi connectivity index (χ2v) is 4.86. The quantitative estimate of drug-likeness (QED) is 0.627. The van der Waals surface area contributed by atoms with E-state index in [4.69, 9.17) is 0 Å². The summed E-state index contributed by atoms with van der Waals surface area (Å²) in [6.07, 6.45) is 1.45. The number of rotatable bonds is 0. The smallest absolute Gasteiger partial charge is 0.165 e. The summed E-state index contributed by atoms with van der Waals surface area (Å²) >= 11 is 0. The van der Waals surface area contributed by atoms with Crippen molar-refractivity contribution in [2.24, 2.45) is 0 Å². The Morgan fingerprint density at radius 1 is 1.21 bits per heavy atom. The third kappa shape index (κ3) is 1.45. The number of ketones is 1. The second kappa shape index (κ2) is 2.91. The van der Waals surface area contributed by atoms with Crippen LogP contribution >= 0.6 is 0 Å². The minimum atomic E-state index is 0.0701. The number of carbonyl (C=O) groups is 1. The number of pyridine rings is 1. The van der Waals surface area contributed by atoms with Crippen molar-refractivity contribution in [1.29, 1.82) is 0 Å². The molecule has 0 atom stereocenters. The first kappa shape index (κ1) is 9.38. The number of carbonyl (C=O) groups excluding carboxylic acids is 1. The molecule has 0 saturated heterocycles. The molecule has 1 aliphatic rings. The van der Waals surface area contributed by atoms with Crippen molar-refractivity contribution in [3.05, 3.63) is 29.1 Å². The first-order valence-corrected chi connectivity index (χ1v) is 5.02. The minimum absolute atomic E-state index is 0.0701. The molecule has 0 fully saturated rings. The van der Waals surface area contributed by atoms with E-state index in [0.29, 0.717) is 6.42 Å². The van der Waals surface area contributed by atoms with Gasteiger partial charge in [-0.1, -0.05) is 20.8 Å². The molecular weight excluding hydrogens is 174 g/mol. The summed E-state index contributed by atoms with van der Waals surface area (Å²) in [5.74, 6) is 0.243. The molecule has 14 heavy (non-hydrogen) atoms. The number of Topliss-reactive ketones (excluding diaryl/α,β-unsaturated/α-hetero) is 1. The molecule has 2 nitrogen and oxygen atoms in total. The predicted molar refractivity (Wildman–Crippen MR) is 55.6 cm³/mol. The predicted octanol–water partition coefficient (Wildman–Crippen LogP) is 2.51. The van der Waals surface area contributed by atoms with E-state index in [2.05, 4.69) is 25.8 Å². The van der Waals surface area contributed by atoms with Crippen LogP contribution < -0.4 is 0 Å². The van der Waals surface area contributed by atoms with Gasteiger partial charge < -0.3 is 0 Å². The monoisotopic (exact) mass is 189 g/mol. The van der Waals surface area contributed by atoms with Crippen LogP contribution in [-0.4, -0.2) is 10.8 Å². The van der Waals surface area contributed by atoms with E-state index in [0.717, 1.165) is 23.4 Å². The standard InChI is InChI=1S/C12H15NO/c1-12(2,3)11-7-4-8-9(13-11)5-6-10(8)14/h4,7H,5-6H2,1-3H3. The molecule has 1 heterocycles. The Hall–Kier alpha value is -1.18. The second-order valence-electron chi connectivity index (χ2n) is 4.86. The Morgan fingerprint density at radius 3 is 2.57 bits per heavy atom. The number of aryl methyl sites for hydroxylation is 1. The van der Waals surface area contributed by atoms with Crippen LogP contribution in [0.4, 0.5) is 0 Å². The molecular formula is C12H15NO. The van der Waals surface area contributed by atoms with Gasteiger partial charge in [0, 0.05) is 23.1 Å². The lowest BCUT2D eigenvalue weighted by atomic mass is 9.91. The lowest BCUT2D eigenvalue weighted by Crippen LogP contribution is -2.14. The summed E-state index contributed by atoms with van der Waals surface area (Å²) in [5.41, 5.74) is 2.96. The number of hydrogen-bond donors (Lipinski definition) is 0. The van der Waals surface area contributed by atoms with Crippen molar-refractivity contribution in [2.75, 3.05) is 0 Å². The van der Waals surface area contributed by atoms with Crippen molar-refractivity contribution in [2.45, 2.75) is 39.0 Å². The van der Waals surface area contributed by atoms with Crippen molar-refractivity contribution in [3.63, 3.8) is 0 Å². The minimum Gasteiger partial charge on any atom is -0.294 e. The van der Waals surface area contributed by atoms with E-state index >= 15 is 0 Å². The van der Waals surface area contributed by atoms with Crippen LogP contribution in [0.2, 0.25) is 0 Å². The molecule has 0 aromatic carbocycles. The third-order valence-corrected chi connectivity index (χ3v) is 2.63. The molecule has 74 valence electrons. The fourth-order valence-electron chi connectivity index (χ4n) is 1.73. The lowest BCUT2D eigenvalue weighted by molar-refractivity contribution is 0.0994. The number of hydrogen-bond acceptors (Lipinski definition) is 2. The van der Waals surface area contributed by atoms with Gasteiger partial charge in [0.1, 0.15) is 0 Å². The van der Waals surface area contributed by atoms with Gasteiger partial charge >= 0.3 is 0 Å². The van der Waals surface area contributed by atoms with Crippen LogP contribution in [0.1, 0.15) is 48.9 Å². The van der Waals surface area contributed by atoms with E-state index in [9.17, 15) is 4.79 Å². The van der Waals surface area contributed by atoms with E-state index in [1.54, 1.807) is 0 Å². The highest BCUT2D eigenvalue weighted by atomic mass is 16.1. The Morgan fingerprint density at radius 2 is 1.93 bits per heavy atom. The zero-order valence-electron chi connectivity index (χ0n) is 8.92. The van der Waals surface area contributed by atoms with Gasteiger partial charge in [-0.3, -0.25) is 9.78 Å². The fraction of sp³-hybridized carbons (Fsp3) is 0.500. The largest absolute Gasteiger partial charge is 0.294 e. The van der Waals surface area contributed by atoms with Gasteiger partial charge in [0.15, 0.2) is 5.78 Å². The molecule has 0 spiro atoms. The van der Waals surface area contributed by atoms with Gasteiger partial charge in [0.05, 0.1) is 5.69 Å². The number of nitrogens with zero attached hydrogens (tertiary/aromatic N) is 1. The molecule has 1 aromatic rings. The topological polar surface area (TPSA) is 30.0 Å². The number of aromatic nitrogens is 1. The van der Waals surface area contributed by atoms with Crippen LogP contribution in [-0.2, 0) is 11.8 Å². The molecule has 0 aliphatic heterocycles. The Kier molecular flexibility index (Phi) is 1.95. The van der Waals surface area contributed by atoms with Crippen molar-refractivity contribution >= 4 is 5.78 Å². The average Bonchev–Trinajstić information content (AvgIpc) is 2.46. The van der Waals surface area contributed by atoms with Gasteiger partial charge in [-0.05, 0) is 18.6 Å². The summed E-state index contributed by atoms with van der Waals surface area (Å²) in [6.45, 7) is 6.41. The lowest BCUT2D eigenvalue weighted by Gasteiger charge is -2.18. The molecule has 2 heteroatoms. The van der Waals surface area contributed by atoms with E-state index < -0.39 is 0 Å². The van der Waals surface area contributed by atoms with E-state index in [1.807, 2.05) is 12.1 Å². The Labute approximate surface area is 84.4 Å². The SMILES string of the molecule is CC(C)(C)c1ccc2c(n1)CCC2=O. The van der Waals surface area contributed by atoms with Crippen LogP contribution in [0.3, 0.4) is 0 Å². The van der Waals surface area contributed by atoms with Gasteiger partial charge in [-0.15, -0.1) is 0 Å². The summed E-state index contributed by atoms with van der Waals surface area (Å²) in [5, 5.41) is 0. The maximum Gasteiger partial charge on any atom is 0.165 e. The molecule has 1 aromatic heterocycles. The molecule has 0 amide bonds. The zero-order chi connectivity index (χ0) is 10.3. The van der Waals surface area contributed by atoms with Gasteiger partial charge in [-0.2, -0.15) is 0 Å². The third-order valence-electron chi connectivity index (χ3n) is 2.63. The molecule has 0 unspecified atom stereocenters. The molecule has 0 N–H and O–H groups in total.